The molecule has 0 fully saturated rings. The molecule has 0 saturated heterocycles. The Labute approximate surface area is 95.8 Å². The van der Waals surface area contributed by atoms with Crippen LogP contribution in [-0.2, 0) is 5.33 Å². The van der Waals surface area contributed by atoms with E-state index in [0.29, 0.717) is 15.5 Å². The molecule has 0 aliphatic rings. The van der Waals surface area contributed by atoms with Gasteiger partial charge in [0, 0.05) is 9.80 Å². The van der Waals surface area contributed by atoms with Gasteiger partial charge in [-0.15, -0.1) is 0 Å². The highest BCUT2D eigenvalue weighted by molar-refractivity contribution is 9.10. The third-order valence-corrected chi connectivity index (χ3v) is 3.16. The molecule has 13 heavy (non-hydrogen) atoms. The Morgan fingerprint density at radius 2 is 2.15 bits per heavy atom. The summed E-state index contributed by atoms with van der Waals surface area (Å²) in [7, 11) is 0. The van der Waals surface area contributed by atoms with E-state index >= 15 is 0 Å². The summed E-state index contributed by atoms with van der Waals surface area (Å²) in [6.07, 6.45) is -2.65. The Kier molecular flexibility index (Phi) is 4.06. The lowest BCUT2D eigenvalue weighted by Crippen LogP contribution is -1.96. The summed E-state index contributed by atoms with van der Waals surface area (Å²) in [6, 6.07) is 1.60. The minimum Gasteiger partial charge on any atom is -0.249 e. The molecule has 1 aromatic heterocycles. The molecule has 0 aliphatic carbocycles. The van der Waals surface area contributed by atoms with Gasteiger partial charge in [-0.3, -0.25) is 0 Å². The molecule has 0 atom stereocenters. The second-order valence-electron chi connectivity index (χ2n) is 2.23. The van der Waals surface area contributed by atoms with Gasteiger partial charge in [-0.25, -0.2) is 13.8 Å². The van der Waals surface area contributed by atoms with E-state index in [0.717, 1.165) is 0 Å². The van der Waals surface area contributed by atoms with Gasteiger partial charge >= 0.3 is 0 Å². The number of rotatable bonds is 2. The summed E-state index contributed by atoms with van der Waals surface area (Å²) in [5, 5.41) is 0.391. The average Bonchev–Trinajstić information content (AvgIpc) is 2.09. The minimum absolute atomic E-state index is 0.0281. The molecule has 1 aromatic rings. The Balaban J connectivity index is 3.25. The molecule has 0 N–H and O–H groups in total. The number of aromatic nitrogens is 1. The van der Waals surface area contributed by atoms with Crippen LogP contribution in [0, 0.1) is 0 Å². The maximum Gasteiger partial charge on any atom is 0.281 e. The molecule has 0 radical (unpaired) electrons. The van der Waals surface area contributed by atoms with Crippen LogP contribution in [0.25, 0.3) is 0 Å². The van der Waals surface area contributed by atoms with E-state index in [4.69, 9.17) is 11.6 Å². The Hall–Kier alpha value is 0.260. The van der Waals surface area contributed by atoms with E-state index < -0.39 is 6.43 Å². The molecule has 6 heteroatoms. The summed E-state index contributed by atoms with van der Waals surface area (Å²) in [5.74, 6) is 0. The van der Waals surface area contributed by atoms with Crippen LogP contribution in [0.1, 0.15) is 17.8 Å². The molecule has 0 aliphatic heterocycles. The van der Waals surface area contributed by atoms with Crippen molar-refractivity contribution >= 4 is 43.5 Å². The molecule has 72 valence electrons. The van der Waals surface area contributed by atoms with E-state index in [9.17, 15) is 8.78 Å². The van der Waals surface area contributed by atoms with Gasteiger partial charge in [-0.1, -0.05) is 27.5 Å². The first-order valence-electron chi connectivity index (χ1n) is 3.25. The zero-order valence-electron chi connectivity index (χ0n) is 6.20. The van der Waals surface area contributed by atoms with Gasteiger partial charge in [0.1, 0.15) is 5.69 Å². The quantitative estimate of drug-likeness (QED) is 0.733. The molecule has 0 aromatic carbocycles. The van der Waals surface area contributed by atoms with Gasteiger partial charge < -0.3 is 0 Å². The maximum atomic E-state index is 12.3. The van der Waals surface area contributed by atoms with E-state index in [1.54, 1.807) is 6.07 Å². The smallest absolute Gasteiger partial charge is 0.249 e. The third-order valence-electron chi connectivity index (χ3n) is 1.34. The second kappa shape index (κ2) is 4.66. The van der Waals surface area contributed by atoms with Crippen LogP contribution in [0.5, 0.6) is 0 Å². The van der Waals surface area contributed by atoms with Gasteiger partial charge in [0.2, 0.25) is 0 Å². The largest absolute Gasteiger partial charge is 0.281 e. The van der Waals surface area contributed by atoms with Crippen LogP contribution in [0.15, 0.2) is 10.5 Å². The van der Waals surface area contributed by atoms with Gasteiger partial charge in [-0.2, -0.15) is 0 Å². The first-order chi connectivity index (χ1) is 6.06. The molecular formula is C7H4Br2ClF2N. The normalized spacial score (nSPS) is 10.9. The molecule has 1 rings (SSSR count). The summed E-state index contributed by atoms with van der Waals surface area (Å²) >= 11 is 11.8. The van der Waals surface area contributed by atoms with Crippen molar-refractivity contribution in [3.63, 3.8) is 0 Å². The lowest BCUT2D eigenvalue weighted by molar-refractivity contribution is 0.146. The molecule has 0 saturated carbocycles. The molecule has 0 bridgehead atoms. The zero-order valence-corrected chi connectivity index (χ0v) is 10.1. The zero-order chi connectivity index (χ0) is 10.0. The van der Waals surface area contributed by atoms with Crippen molar-refractivity contribution in [2.24, 2.45) is 0 Å². The maximum absolute atomic E-state index is 12.3. The fourth-order valence-electron chi connectivity index (χ4n) is 0.781. The van der Waals surface area contributed by atoms with Crippen LogP contribution in [0.2, 0.25) is 5.02 Å². The minimum atomic E-state index is -2.65. The Morgan fingerprint density at radius 1 is 1.54 bits per heavy atom. The van der Waals surface area contributed by atoms with Crippen LogP contribution in [0.3, 0.4) is 0 Å². The first-order valence-corrected chi connectivity index (χ1v) is 5.54. The van der Waals surface area contributed by atoms with Gasteiger partial charge in [0.25, 0.3) is 6.43 Å². The Bertz CT molecular complexity index is 320. The lowest BCUT2D eigenvalue weighted by atomic mass is 10.3. The Morgan fingerprint density at radius 3 is 2.62 bits per heavy atom. The topological polar surface area (TPSA) is 12.9 Å². The van der Waals surface area contributed by atoms with Crippen LogP contribution in [-0.4, -0.2) is 4.98 Å². The molecule has 1 nitrogen and oxygen atoms in total. The van der Waals surface area contributed by atoms with E-state index in [1.165, 1.54) is 0 Å². The molecule has 0 spiro atoms. The van der Waals surface area contributed by atoms with Crippen molar-refractivity contribution in [2.45, 2.75) is 11.8 Å². The van der Waals surface area contributed by atoms with E-state index in [-0.39, 0.29) is 10.7 Å². The number of alkyl halides is 3. The highest BCUT2D eigenvalue weighted by Crippen LogP contribution is 2.32. The predicted octanol–water partition coefficient (Wildman–Crippen LogP) is 4.33. The van der Waals surface area contributed by atoms with Crippen LogP contribution < -0.4 is 0 Å². The predicted molar refractivity (Wildman–Crippen MR) is 54.5 cm³/mol. The molecular weight excluding hydrogens is 331 g/mol. The fraction of sp³-hybridized carbons (Fsp3) is 0.286. The highest BCUT2D eigenvalue weighted by Gasteiger charge is 2.17. The van der Waals surface area contributed by atoms with Crippen molar-refractivity contribution in [1.82, 2.24) is 4.98 Å². The van der Waals surface area contributed by atoms with Crippen molar-refractivity contribution in [3.8, 4) is 0 Å². The summed E-state index contributed by atoms with van der Waals surface area (Å²) in [4.78, 5) is 3.69. The lowest BCUT2D eigenvalue weighted by Gasteiger charge is -2.05. The van der Waals surface area contributed by atoms with Crippen molar-refractivity contribution in [2.75, 3.05) is 0 Å². The van der Waals surface area contributed by atoms with E-state index in [2.05, 4.69) is 36.8 Å². The molecule has 1 heterocycles. The average molecular weight is 335 g/mol. The van der Waals surface area contributed by atoms with Gasteiger partial charge in [0.15, 0.2) is 0 Å². The van der Waals surface area contributed by atoms with Crippen LogP contribution in [0.4, 0.5) is 8.78 Å². The monoisotopic (exact) mass is 333 g/mol. The SMILES string of the molecule is FC(F)c1nc(CBr)cc(Br)c1Cl. The van der Waals surface area contributed by atoms with Gasteiger partial charge in [-0.05, 0) is 22.0 Å². The number of halogens is 5. The second-order valence-corrected chi connectivity index (χ2v) is 4.02. The number of hydrogen-bond acceptors (Lipinski definition) is 1. The van der Waals surface area contributed by atoms with Crippen molar-refractivity contribution in [3.05, 3.63) is 26.9 Å². The summed E-state index contributed by atoms with van der Waals surface area (Å²) in [6.45, 7) is 0. The van der Waals surface area contributed by atoms with Crippen molar-refractivity contribution in [1.29, 1.82) is 0 Å². The number of pyridine rings is 1. The van der Waals surface area contributed by atoms with Crippen molar-refractivity contribution < 1.29 is 8.78 Å². The summed E-state index contributed by atoms with van der Waals surface area (Å²) in [5.41, 5.74) is 0.136. The molecule has 0 unspecified atom stereocenters. The third kappa shape index (κ3) is 2.60. The van der Waals surface area contributed by atoms with Crippen LogP contribution >= 0.6 is 43.5 Å². The van der Waals surface area contributed by atoms with Gasteiger partial charge in [0.05, 0.1) is 10.7 Å². The number of nitrogens with zero attached hydrogens (tertiary/aromatic N) is 1. The standard InChI is InChI=1S/C7H4Br2ClF2N/c8-2-3-1-4(9)5(10)6(13-3)7(11)12/h1,7H,2H2. The first kappa shape index (κ1) is 11.3. The number of hydrogen-bond donors (Lipinski definition) is 0. The van der Waals surface area contributed by atoms with E-state index in [1.807, 2.05) is 0 Å². The highest BCUT2D eigenvalue weighted by atomic mass is 79.9. The fourth-order valence-corrected chi connectivity index (χ4v) is 1.72. The summed E-state index contributed by atoms with van der Waals surface area (Å²) < 4.78 is 25.1. The molecule has 0 amide bonds.